The fourth-order valence-corrected chi connectivity index (χ4v) is 3.41. The molecule has 24 heavy (non-hydrogen) atoms. The maximum atomic E-state index is 12.2. The molecule has 0 aliphatic carbocycles. The Morgan fingerprint density at radius 2 is 2.00 bits per heavy atom. The number of nitrogens with zero attached hydrogens (tertiary/aromatic N) is 3. The Hall–Kier alpha value is -2.01. The number of hydrogen-bond acceptors (Lipinski definition) is 3. The van der Waals surface area contributed by atoms with Crippen molar-refractivity contribution in [3.05, 3.63) is 53.6 Å². The van der Waals surface area contributed by atoms with Gasteiger partial charge in [-0.05, 0) is 25.3 Å². The van der Waals surface area contributed by atoms with E-state index in [4.69, 9.17) is 16.3 Å². The van der Waals surface area contributed by atoms with Gasteiger partial charge in [0.25, 0.3) is 0 Å². The van der Waals surface area contributed by atoms with Crippen molar-refractivity contribution in [3.63, 3.8) is 0 Å². The molecule has 0 bridgehead atoms. The number of piperidine rings is 1. The molecule has 0 atom stereocenters. The van der Waals surface area contributed by atoms with Crippen LogP contribution in [0.25, 0.3) is 0 Å². The summed E-state index contributed by atoms with van der Waals surface area (Å²) >= 11 is 6.00. The quantitative estimate of drug-likeness (QED) is 0.788. The Morgan fingerprint density at radius 1 is 1.29 bits per heavy atom. The Bertz CT molecular complexity index is 679. The average molecular weight is 348 g/mol. The third kappa shape index (κ3) is 3.73. The molecule has 3 rings (SSSR count). The first-order chi connectivity index (χ1) is 11.7. The highest BCUT2D eigenvalue weighted by Crippen LogP contribution is 2.26. The van der Waals surface area contributed by atoms with Gasteiger partial charge in [0.1, 0.15) is 12.4 Å². The standard InChI is InChI=1S/C18H22ClN3O2/c1-14-20-12-17(11-19)22(14)16-7-9-21(10-8-16)18(23)24-13-15-5-3-2-4-6-15/h2-6,12,16H,7-11,13H2,1H3. The van der Waals surface area contributed by atoms with Crippen molar-refractivity contribution in [1.82, 2.24) is 14.5 Å². The van der Waals surface area contributed by atoms with E-state index in [9.17, 15) is 4.79 Å². The van der Waals surface area contributed by atoms with Gasteiger partial charge in [0.05, 0.1) is 11.6 Å². The SMILES string of the molecule is Cc1ncc(CCl)n1C1CCN(C(=O)OCc2ccccc2)CC1. The number of alkyl halides is 1. The van der Waals surface area contributed by atoms with Crippen LogP contribution in [0.3, 0.4) is 0 Å². The van der Waals surface area contributed by atoms with Crippen molar-refractivity contribution in [1.29, 1.82) is 0 Å². The van der Waals surface area contributed by atoms with E-state index in [0.29, 0.717) is 31.6 Å². The summed E-state index contributed by atoms with van der Waals surface area (Å²) < 4.78 is 7.62. The summed E-state index contributed by atoms with van der Waals surface area (Å²) in [5.41, 5.74) is 2.04. The molecule has 1 fully saturated rings. The average Bonchev–Trinajstić information content (AvgIpc) is 3.01. The van der Waals surface area contributed by atoms with Crippen molar-refractivity contribution in [2.45, 2.75) is 38.3 Å². The zero-order valence-corrected chi connectivity index (χ0v) is 14.6. The van der Waals surface area contributed by atoms with Crippen molar-refractivity contribution in [2.75, 3.05) is 13.1 Å². The molecule has 0 saturated carbocycles. The molecule has 0 N–H and O–H groups in total. The van der Waals surface area contributed by atoms with Crippen LogP contribution in [-0.2, 0) is 17.2 Å². The fraction of sp³-hybridized carbons (Fsp3) is 0.444. The Labute approximate surface area is 147 Å². The number of aromatic nitrogens is 2. The Balaban J connectivity index is 1.53. The molecule has 1 aliphatic heterocycles. The monoisotopic (exact) mass is 347 g/mol. The number of rotatable bonds is 4. The van der Waals surface area contributed by atoms with Crippen LogP contribution >= 0.6 is 11.6 Å². The number of halogens is 1. The van der Waals surface area contributed by atoms with Crippen LogP contribution in [0, 0.1) is 6.92 Å². The van der Waals surface area contributed by atoms with Gasteiger partial charge in [-0.3, -0.25) is 0 Å². The lowest BCUT2D eigenvalue weighted by atomic mass is 10.0. The zero-order chi connectivity index (χ0) is 16.9. The van der Waals surface area contributed by atoms with Gasteiger partial charge in [-0.2, -0.15) is 0 Å². The molecule has 0 spiro atoms. The second kappa shape index (κ2) is 7.71. The third-order valence-electron chi connectivity index (χ3n) is 4.49. The van der Waals surface area contributed by atoms with Crippen molar-refractivity contribution < 1.29 is 9.53 Å². The highest BCUT2D eigenvalue weighted by Gasteiger charge is 2.26. The molecule has 2 aromatic rings. The topological polar surface area (TPSA) is 47.4 Å². The van der Waals surface area contributed by atoms with Crippen molar-refractivity contribution in [2.24, 2.45) is 0 Å². The van der Waals surface area contributed by atoms with Gasteiger partial charge in [-0.15, -0.1) is 11.6 Å². The van der Waals surface area contributed by atoms with Crippen LogP contribution in [0.15, 0.2) is 36.5 Å². The van der Waals surface area contributed by atoms with E-state index in [-0.39, 0.29) is 6.09 Å². The summed E-state index contributed by atoms with van der Waals surface area (Å²) in [5, 5.41) is 0. The number of amides is 1. The molecule has 1 aliphatic rings. The highest BCUT2D eigenvalue weighted by atomic mass is 35.5. The van der Waals surface area contributed by atoms with E-state index >= 15 is 0 Å². The third-order valence-corrected chi connectivity index (χ3v) is 4.76. The summed E-state index contributed by atoms with van der Waals surface area (Å²) in [6.45, 7) is 3.70. The number of hydrogen-bond donors (Lipinski definition) is 0. The van der Waals surface area contributed by atoms with Crippen LogP contribution in [0.1, 0.15) is 36.0 Å². The van der Waals surface area contributed by atoms with E-state index in [1.165, 1.54) is 0 Å². The molecule has 0 unspecified atom stereocenters. The van der Waals surface area contributed by atoms with Gasteiger partial charge in [0, 0.05) is 25.3 Å². The van der Waals surface area contributed by atoms with Crippen LogP contribution in [-0.4, -0.2) is 33.6 Å². The number of imidazole rings is 1. The number of carbonyl (C=O) groups is 1. The normalized spacial score (nSPS) is 15.5. The van der Waals surface area contributed by atoms with Crippen LogP contribution in [0.5, 0.6) is 0 Å². The molecule has 1 saturated heterocycles. The number of benzene rings is 1. The van der Waals surface area contributed by atoms with Gasteiger partial charge in [0.2, 0.25) is 0 Å². The molecule has 1 aromatic carbocycles. The summed E-state index contributed by atoms with van der Waals surface area (Å²) in [5.74, 6) is 1.44. The van der Waals surface area contributed by atoms with Gasteiger partial charge < -0.3 is 14.2 Å². The smallest absolute Gasteiger partial charge is 0.410 e. The fourth-order valence-electron chi connectivity index (χ4n) is 3.22. The molecular weight excluding hydrogens is 326 g/mol. The van der Waals surface area contributed by atoms with Gasteiger partial charge >= 0.3 is 6.09 Å². The minimum atomic E-state index is -0.239. The largest absolute Gasteiger partial charge is 0.445 e. The molecule has 5 nitrogen and oxygen atoms in total. The molecule has 128 valence electrons. The lowest BCUT2D eigenvalue weighted by molar-refractivity contribution is 0.0828. The Kier molecular flexibility index (Phi) is 5.41. The highest BCUT2D eigenvalue weighted by molar-refractivity contribution is 6.16. The second-order valence-corrected chi connectivity index (χ2v) is 6.33. The molecule has 0 radical (unpaired) electrons. The van der Waals surface area contributed by atoms with Crippen molar-refractivity contribution >= 4 is 17.7 Å². The van der Waals surface area contributed by atoms with Crippen LogP contribution < -0.4 is 0 Å². The molecule has 2 heterocycles. The lowest BCUT2D eigenvalue weighted by Crippen LogP contribution is -2.39. The molecule has 6 heteroatoms. The minimum Gasteiger partial charge on any atom is -0.445 e. The number of carbonyl (C=O) groups excluding carboxylic acids is 1. The molecular formula is C18H22ClN3O2. The number of aryl methyl sites for hydroxylation is 1. The molecule has 1 aromatic heterocycles. The number of ether oxygens (including phenoxy) is 1. The maximum absolute atomic E-state index is 12.2. The van der Waals surface area contributed by atoms with E-state index in [2.05, 4.69) is 9.55 Å². The predicted molar refractivity (Wildman–Crippen MR) is 93.0 cm³/mol. The van der Waals surface area contributed by atoms with E-state index in [0.717, 1.165) is 29.9 Å². The first kappa shape index (κ1) is 16.8. The van der Waals surface area contributed by atoms with Crippen LogP contribution in [0.2, 0.25) is 0 Å². The number of likely N-dealkylation sites (tertiary alicyclic amines) is 1. The van der Waals surface area contributed by atoms with Gasteiger partial charge in [-0.25, -0.2) is 9.78 Å². The van der Waals surface area contributed by atoms with E-state index in [1.54, 1.807) is 4.90 Å². The van der Waals surface area contributed by atoms with Gasteiger partial charge in [0.15, 0.2) is 0 Å². The Morgan fingerprint density at radius 3 is 2.67 bits per heavy atom. The lowest BCUT2D eigenvalue weighted by Gasteiger charge is -2.33. The maximum Gasteiger partial charge on any atom is 0.410 e. The first-order valence-electron chi connectivity index (χ1n) is 8.23. The summed E-state index contributed by atoms with van der Waals surface area (Å²) in [4.78, 5) is 18.4. The van der Waals surface area contributed by atoms with Gasteiger partial charge in [-0.1, -0.05) is 30.3 Å². The van der Waals surface area contributed by atoms with E-state index < -0.39 is 0 Å². The predicted octanol–water partition coefficient (Wildman–Crippen LogP) is 3.90. The minimum absolute atomic E-state index is 0.239. The summed E-state index contributed by atoms with van der Waals surface area (Å²) in [7, 11) is 0. The van der Waals surface area contributed by atoms with Crippen LogP contribution in [0.4, 0.5) is 4.79 Å². The van der Waals surface area contributed by atoms with Crippen molar-refractivity contribution in [3.8, 4) is 0 Å². The first-order valence-corrected chi connectivity index (χ1v) is 8.76. The zero-order valence-electron chi connectivity index (χ0n) is 13.8. The molecule has 1 amide bonds. The second-order valence-electron chi connectivity index (χ2n) is 6.06. The summed E-state index contributed by atoms with van der Waals surface area (Å²) in [6, 6.07) is 10.1. The van der Waals surface area contributed by atoms with E-state index in [1.807, 2.05) is 43.5 Å². The summed E-state index contributed by atoms with van der Waals surface area (Å²) in [6.07, 6.45) is 3.38.